The van der Waals surface area contributed by atoms with Gasteiger partial charge < -0.3 is 23.3 Å². The van der Waals surface area contributed by atoms with Crippen LogP contribution in [0, 0.1) is 5.82 Å². The summed E-state index contributed by atoms with van der Waals surface area (Å²) in [4.78, 5) is 0. The Bertz CT molecular complexity index is 447. The molecule has 2 rings (SSSR count). The van der Waals surface area contributed by atoms with Gasteiger partial charge in [0.2, 0.25) is 0 Å². The van der Waals surface area contributed by atoms with E-state index in [0.717, 1.165) is 16.4 Å². The molecule has 0 amide bonds. The normalized spacial score (nSPS) is 13.5. The Labute approximate surface area is 115 Å². The Kier molecular flexibility index (Phi) is 5.25. The average molecular weight is 434 g/mol. The summed E-state index contributed by atoms with van der Waals surface area (Å²) in [6.07, 6.45) is -3.09. The Morgan fingerprint density at radius 3 is 2.12 bits per heavy atom. The number of benzene rings is 1. The van der Waals surface area contributed by atoms with Gasteiger partial charge in [0.15, 0.2) is 0 Å². The molecule has 92 valence electrons. The van der Waals surface area contributed by atoms with Gasteiger partial charge in [-0.2, -0.15) is 13.2 Å². The van der Waals surface area contributed by atoms with Crippen molar-refractivity contribution >= 4 is 18.5 Å². The molecule has 0 bridgehead atoms. The van der Waals surface area contributed by atoms with Crippen LogP contribution >= 0.6 is 0 Å². The predicted molar refractivity (Wildman–Crippen MR) is 53.9 cm³/mol. The maximum Gasteiger partial charge on any atom is 2.00 e. The zero-order valence-corrected chi connectivity index (χ0v) is 11.9. The molecule has 8 heteroatoms. The summed E-state index contributed by atoms with van der Waals surface area (Å²) in [6.45, 7) is 0. The van der Waals surface area contributed by atoms with E-state index in [-0.39, 0.29) is 32.8 Å². The molecule has 0 saturated heterocycles. The quantitative estimate of drug-likeness (QED) is 0.500. The van der Waals surface area contributed by atoms with Crippen LogP contribution in [0.25, 0.3) is 11.8 Å². The van der Waals surface area contributed by atoms with E-state index < -0.39 is 17.6 Å². The van der Waals surface area contributed by atoms with Crippen molar-refractivity contribution in [1.82, 2.24) is 4.31 Å². The zero-order chi connectivity index (χ0) is 11.2. The van der Waals surface area contributed by atoms with Crippen LogP contribution in [0.5, 0.6) is 0 Å². The number of rotatable bonds is 1. The maximum atomic E-state index is 13.1. The number of nitrogens with zero attached hydrogens (tertiary/aromatic N) is 1. The third-order valence-corrected chi connectivity index (χ3v) is 2.28. The van der Waals surface area contributed by atoms with E-state index in [1.165, 1.54) is 6.20 Å². The van der Waals surface area contributed by atoms with Crippen molar-refractivity contribution < 1.29 is 38.6 Å². The zero-order valence-electron chi connectivity index (χ0n) is 8.16. The minimum atomic E-state index is -4.47. The maximum absolute atomic E-state index is 13.1. The molecule has 2 nitrogen and oxygen atoms in total. The molecular formula is C9H6F4N2SW. The monoisotopic (exact) mass is 434 g/mol. The van der Waals surface area contributed by atoms with E-state index in [0.29, 0.717) is 11.8 Å². The van der Waals surface area contributed by atoms with Gasteiger partial charge in [-0.1, -0.05) is 0 Å². The van der Waals surface area contributed by atoms with Crippen molar-refractivity contribution in [3.63, 3.8) is 0 Å². The fourth-order valence-electron chi connectivity index (χ4n) is 1.17. The van der Waals surface area contributed by atoms with Crippen molar-refractivity contribution in [2.24, 2.45) is 0 Å². The summed E-state index contributed by atoms with van der Waals surface area (Å²) < 4.78 is 51.2. The van der Waals surface area contributed by atoms with E-state index in [1.54, 1.807) is 0 Å². The van der Waals surface area contributed by atoms with Crippen molar-refractivity contribution in [2.45, 2.75) is 6.18 Å². The number of hydrogen-bond donors (Lipinski definition) is 0. The van der Waals surface area contributed by atoms with Crippen LogP contribution < -0.4 is 0 Å². The Hall–Kier alpha value is -0.522. The first-order valence-electron chi connectivity index (χ1n) is 3.95. The summed E-state index contributed by atoms with van der Waals surface area (Å²) in [7, 11) is 0. The molecule has 0 fully saturated rings. The molecule has 0 atom stereocenters. The number of halogens is 4. The van der Waals surface area contributed by atoms with Gasteiger partial charge in [0, 0.05) is 17.5 Å². The van der Waals surface area contributed by atoms with E-state index in [2.05, 4.69) is 12.8 Å². The van der Waals surface area contributed by atoms with Crippen LogP contribution in [-0.2, 0) is 40.1 Å². The van der Waals surface area contributed by atoms with Gasteiger partial charge in [0.25, 0.3) is 0 Å². The van der Waals surface area contributed by atoms with Gasteiger partial charge in [-0.05, 0) is 18.2 Å². The molecule has 2 N–H and O–H groups in total. The molecule has 0 radical (unpaired) electrons. The van der Waals surface area contributed by atoms with Gasteiger partial charge in [-0.25, -0.2) is 4.39 Å². The number of nitrogens with two attached hydrogens (primary N) is 1. The number of hydrogen-bond acceptors (Lipinski definition) is 2. The molecule has 0 spiro atoms. The van der Waals surface area contributed by atoms with Crippen LogP contribution in [-0.4, -0.2) is 4.31 Å². The minimum absolute atomic E-state index is 0. The van der Waals surface area contributed by atoms with E-state index >= 15 is 0 Å². The first-order valence-corrected chi connectivity index (χ1v) is 4.31. The largest absolute Gasteiger partial charge is 2.00 e. The van der Waals surface area contributed by atoms with E-state index in [4.69, 9.17) is 0 Å². The summed E-state index contributed by atoms with van der Waals surface area (Å²) in [6, 6.07) is 2.25. The SMILES string of the molecule is Fc1ccc(C(F)(F)F)cc1C1=CN1[S-].[NH2-].[W+2]. The van der Waals surface area contributed by atoms with E-state index in [1.807, 2.05) is 0 Å². The summed E-state index contributed by atoms with van der Waals surface area (Å²) in [5, 5.41) is 0. The van der Waals surface area contributed by atoms with Gasteiger partial charge in [0.05, 0.1) is 5.56 Å². The van der Waals surface area contributed by atoms with Gasteiger partial charge in [-0.15, -0.1) is 0 Å². The fourth-order valence-corrected chi connectivity index (χ4v) is 1.37. The van der Waals surface area contributed by atoms with Gasteiger partial charge in [0.1, 0.15) is 5.82 Å². The molecule has 1 heterocycles. The summed E-state index contributed by atoms with van der Waals surface area (Å²) in [5.74, 6) is -0.707. The fraction of sp³-hybridized carbons (Fsp3) is 0.111. The van der Waals surface area contributed by atoms with Crippen LogP contribution in [0.2, 0.25) is 0 Å². The minimum Gasteiger partial charge on any atom is -0.693 e. The number of alkyl halides is 3. The second-order valence-electron chi connectivity index (χ2n) is 3.03. The second kappa shape index (κ2) is 5.41. The van der Waals surface area contributed by atoms with Crippen LogP contribution in [0.4, 0.5) is 17.6 Å². The molecule has 1 aromatic carbocycles. The van der Waals surface area contributed by atoms with Crippen LogP contribution in [0.3, 0.4) is 0 Å². The topological polar surface area (TPSA) is 36.5 Å². The van der Waals surface area contributed by atoms with Crippen molar-refractivity contribution in [3.8, 4) is 0 Å². The molecule has 1 aliphatic heterocycles. The first kappa shape index (κ1) is 16.5. The van der Waals surface area contributed by atoms with Crippen molar-refractivity contribution in [3.05, 3.63) is 47.5 Å². The van der Waals surface area contributed by atoms with Gasteiger partial charge in [-0.3, -0.25) is 0 Å². The third kappa shape index (κ3) is 3.47. The Morgan fingerprint density at radius 2 is 1.71 bits per heavy atom. The molecular weight excluding hydrogens is 428 g/mol. The van der Waals surface area contributed by atoms with Crippen LogP contribution in [0.1, 0.15) is 11.1 Å². The first-order chi connectivity index (χ1) is 6.89. The molecule has 0 unspecified atom stereocenters. The second-order valence-corrected chi connectivity index (χ2v) is 3.43. The van der Waals surface area contributed by atoms with Gasteiger partial charge >= 0.3 is 27.2 Å². The van der Waals surface area contributed by atoms with E-state index in [9.17, 15) is 17.6 Å². The molecule has 17 heavy (non-hydrogen) atoms. The van der Waals surface area contributed by atoms with Crippen molar-refractivity contribution in [2.75, 3.05) is 0 Å². The molecule has 0 aromatic heterocycles. The Balaban J connectivity index is 0.00000128. The molecule has 1 aliphatic rings. The average Bonchev–Trinajstić information content (AvgIpc) is 2.81. The molecule has 1 aromatic rings. The summed E-state index contributed by atoms with van der Waals surface area (Å²) in [5.41, 5.74) is -0.691. The smallest absolute Gasteiger partial charge is 0.693 e. The predicted octanol–water partition coefficient (Wildman–Crippen LogP) is 3.64. The third-order valence-electron chi connectivity index (χ3n) is 1.98. The molecule has 0 aliphatic carbocycles. The Morgan fingerprint density at radius 1 is 1.18 bits per heavy atom. The van der Waals surface area contributed by atoms with Crippen LogP contribution in [0.15, 0.2) is 24.4 Å². The molecule has 0 saturated carbocycles. The van der Waals surface area contributed by atoms with Crippen molar-refractivity contribution in [1.29, 1.82) is 0 Å². The standard InChI is InChI=1S/C9H4F4NS.H2N.W/c10-7-2-1-5(9(11,12)13)3-6(7)8-4-14(8)15;;/h1-4H;1H2;/q2*-1;+2. The summed E-state index contributed by atoms with van der Waals surface area (Å²) >= 11 is 4.62.